The molecule has 4 aromatic rings. The van der Waals surface area contributed by atoms with Gasteiger partial charge in [-0.15, -0.1) is 11.3 Å². The number of nitrogens with one attached hydrogen (secondary N) is 4. The monoisotopic (exact) mass is 557 g/mol. The first-order valence-corrected chi connectivity index (χ1v) is 14.5. The summed E-state index contributed by atoms with van der Waals surface area (Å²) in [7, 11) is 0. The smallest absolute Gasteiger partial charge is 0.244 e. The molecule has 0 aliphatic carbocycles. The number of carbonyl (C=O) groups is 3. The van der Waals surface area contributed by atoms with Crippen molar-refractivity contribution in [3.63, 3.8) is 0 Å². The highest BCUT2D eigenvalue weighted by atomic mass is 32.1. The van der Waals surface area contributed by atoms with Gasteiger partial charge in [-0.1, -0.05) is 60.7 Å². The van der Waals surface area contributed by atoms with Crippen molar-refractivity contribution in [1.29, 1.82) is 0 Å². The van der Waals surface area contributed by atoms with Crippen molar-refractivity contribution in [2.24, 2.45) is 5.73 Å². The maximum atomic E-state index is 13.9. The van der Waals surface area contributed by atoms with Gasteiger partial charge in [-0.2, -0.15) is 0 Å². The number of piperidine rings is 1. The molecule has 9 heteroatoms. The van der Waals surface area contributed by atoms with Gasteiger partial charge in [0.1, 0.15) is 12.2 Å². The van der Waals surface area contributed by atoms with E-state index in [4.69, 9.17) is 5.73 Å². The molecule has 208 valence electrons. The van der Waals surface area contributed by atoms with E-state index in [1.807, 2.05) is 60.7 Å². The van der Waals surface area contributed by atoms with Crippen LogP contribution >= 0.6 is 11.3 Å². The van der Waals surface area contributed by atoms with Crippen LogP contribution in [0, 0.1) is 0 Å². The second-order valence-electron chi connectivity index (χ2n) is 10.5. The van der Waals surface area contributed by atoms with Crippen LogP contribution in [-0.2, 0) is 27.2 Å². The van der Waals surface area contributed by atoms with E-state index in [0.29, 0.717) is 32.4 Å². The predicted molar refractivity (Wildman–Crippen MR) is 160 cm³/mol. The number of carbonyl (C=O) groups excluding carboxylic acids is 3. The van der Waals surface area contributed by atoms with E-state index >= 15 is 0 Å². The topological polar surface area (TPSA) is 125 Å². The summed E-state index contributed by atoms with van der Waals surface area (Å²) in [6.45, 7) is 2.71. The Balaban J connectivity index is 1.41. The number of hydrogen-bond acceptors (Lipinski definition) is 6. The fourth-order valence-electron chi connectivity index (χ4n) is 5.37. The van der Waals surface area contributed by atoms with Crippen LogP contribution in [0.25, 0.3) is 20.9 Å². The number of benzene rings is 3. The number of rotatable bonds is 9. The lowest BCUT2D eigenvalue weighted by molar-refractivity contribution is -0.133. The number of amides is 3. The van der Waals surface area contributed by atoms with Gasteiger partial charge in [0.05, 0.1) is 5.54 Å². The predicted octanol–water partition coefficient (Wildman–Crippen LogP) is 2.98. The quantitative estimate of drug-likeness (QED) is 0.202. The van der Waals surface area contributed by atoms with Crippen LogP contribution in [0.3, 0.4) is 0 Å². The minimum Gasteiger partial charge on any atom is -0.342 e. The van der Waals surface area contributed by atoms with Crippen LogP contribution in [0.15, 0.2) is 72.1 Å². The third-order valence-corrected chi connectivity index (χ3v) is 8.57. The Morgan fingerprint density at radius 3 is 2.35 bits per heavy atom. The van der Waals surface area contributed by atoms with Crippen molar-refractivity contribution < 1.29 is 14.4 Å². The van der Waals surface area contributed by atoms with E-state index in [2.05, 4.69) is 32.7 Å². The summed E-state index contributed by atoms with van der Waals surface area (Å²) in [5.74, 6) is -0.971. The Hall–Kier alpha value is -3.79. The minimum atomic E-state index is -1.05. The first-order chi connectivity index (χ1) is 19.3. The summed E-state index contributed by atoms with van der Waals surface area (Å²) in [4.78, 5) is 39.4. The first kappa shape index (κ1) is 27.8. The fourth-order valence-corrected chi connectivity index (χ4v) is 6.34. The van der Waals surface area contributed by atoms with E-state index in [1.165, 1.54) is 6.92 Å². The highest BCUT2D eigenvalue weighted by Crippen LogP contribution is 2.26. The molecule has 1 aromatic heterocycles. The van der Waals surface area contributed by atoms with Crippen molar-refractivity contribution in [3.8, 4) is 0 Å². The molecule has 3 amide bonds. The van der Waals surface area contributed by atoms with Gasteiger partial charge in [0.15, 0.2) is 0 Å². The second-order valence-corrected chi connectivity index (χ2v) is 11.4. The van der Waals surface area contributed by atoms with Crippen LogP contribution < -0.4 is 27.0 Å². The Kier molecular flexibility index (Phi) is 8.44. The van der Waals surface area contributed by atoms with E-state index in [9.17, 15) is 14.4 Å². The summed E-state index contributed by atoms with van der Waals surface area (Å²) in [5.41, 5.74) is 7.43. The average molecular weight is 558 g/mol. The van der Waals surface area contributed by atoms with Crippen LogP contribution in [0.2, 0.25) is 0 Å². The Morgan fingerprint density at radius 1 is 0.875 bits per heavy atom. The van der Waals surface area contributed by atoms with Gasteiger partial charge >= 0.3 is 0 Å². The molecule has 1 aliphatic heterocycles. The maximum absolute atomic E-state index is 13.9. The molecule has 1 aliphatic rings. The molecule has 6 N–H and O–H groups in total. The molecule has 1 fully saturated rings. The Morgan fingerprint density at radius 2 is 1.57 bits per heavy atom. The molecule has 0 radical (unpaired) electrons. The fraction of sp³-hybridized carbons (Fsp3) is 0.323. The summed E-state index contributed by atoms with van der Waals surface area (Å²) in [6.07, 6.45) is 1.02. The SMILES string of the molecule is CC(=O)N[C@H](Cc1csc2ccccc12)NC(=O)[C@@H](Cc1cccc2ccccc12)NC(=O)C1(N)CCNCC1. The second kappa shape index (κ2) is 12.2. The zero-order valence-corrected chi connectivity index (χ0v) is 23.4. The van der Waals surface area contributed by atoms with Crippen molar-refractivity contribution in [2.45, 2.75) is 50.4 Å². The highest BCUT2D eigenvalue weighted by molar-refractivity contribution is 7.17. The first-order valence-electron chi connectivity index (χ1n) is 13.6. The molecule has 2 atom stereocenters. The van der Waals surface area contributed by atoms with Crippen molar-refractivity contribution in [1.82, 2.24) is 21.3 Å². The zero-order valence-electron chi connectivity index (χ0n) is 22.5. The molecule has 0 spiro atoms. The molecule has 3 aromatic carbocycles. The molecule has 0 unspecified atom stereocenters. The number of nitrogens with two attached hydrogens (primary N) is 1. The van der Waals surface area contributed by atoms with Gasteiger partial charge in [0.2, 0.25) is 17.7 Å². The van der Waals surface area contributed by atoms with E-state index in [-0.39, 0.29) is 24.1 Å². The van der Waals surface area contributed by atoms with Gasteiger partial charge in [-0.05, 0) is 64.7 Å². The molecular weight excluding hydrogens is 522 g/mol. The van der Waals surface area contributed by atoms with Crippen molar-refractivity contribution >= 4 is 49.9 Å². The summed E-state index contributed by atoms with van der Waals surface area (Å²) in [6, 6.07) is 21.1. The van der Waals surface area contributed by atoms with Gasteiger partial charge in [0.25, 0.3) is 0 Å². The number of hydrogen-bond donors (Lipinski definition) is 5. The van der Waals surface area contributed by atoms with E-state index < -0.39 is 17.7 Å². The molecule has 0 saturated carbocycles. The number of thiophene rings is 1. The Bertz CT molecular complexity index is 1520. The molecule has 2 heterocycles. The van der Waals surface area contributed by atoms with E-state index in [0.717, 1.165) is 32.0 Å². The minimum absolute atomic E-state index is 0.255. The summed E-state index contributed by atoms with van der Waals surface area (Å²) < 4.78 is 1.14. The van der Waals surface area contributed by atoms with Crippen molar-refractivity contribution in [3.05, 3.63) is 83.2 Å². The standard InChI is InChI=1S/C31H35N5O3S/c1-20(37)34-28(18-23-19-40-27-12-5-4-11-25(23)27)36-29(38)26(35-30(39)31(32)13-15-33-16-14-31)17-22-9-6-8-21-7-2-3-10-24(21)22/h2-12,19,26,28,33H,13-18,32H2,1H3,(H,34,37)(H,35,39)(H,36,38)/t26-,28+/m1/s1. The molecule has 40 heavy (non-hydrogen) atoms. The van der Waals surface area contributed by atoms with Crippen molar-refractivity contribution in [2.75, 3.05) is 13.1 Å². The lowest BCUT2D eigenvalue weighted by Gasteiger charge is -2.34. The Labute approximate surface area is 237 Å². The molecular formula is C31H35N5O3S. The van der Waals surface area contributed by atoms with Crippen LogP contribution in [-0.4, -0.2) is 48.6 Å². The largest absolute Gasteiger partial charge is 0.342 e. The normalized spacial score (nSPS) is 16.2. The lowest BCUT2D eigenvalue weighted by Crippen LogP contribution is -2.63. The number of fused-ring (bicyclic) bond motifs is 2. The molecule has 5 rings (SSSR count). The van der Waals surface area contributed by atoms with Crippen LogP contribution in [0.5, 0.6) is 0 Å². The lowest BCUT2D eigenvalue weighted by atomic mass is 9.88. The third kappa shape index (κ3) is 6.33. The summed E-state index contributed by atoms with van der Waals surface area (Å²) >= 11 is 1.63. The van der Waals surface area contributed by atoms with Gasteiger partial charge in [0, 0.05) is 24.5 Å². The van der Waals surface area contributed by atoms with Gasteiger partial charge < -0.3 is 27.0 Å². The molecule has 8 nitrogen and oxygen atoms in total. The highest BCUT2D eigenvalue weighted by Gasteiger charge is 2.37. The van der Waals surface area contributed by atoms with Gasteiger partial charge in [-0.25, -0.2) is 0 Å². The van der Waals surface area contributed by atoms with E-state index in [1.54, 1.807) is 11.3 Å². The zero-order chi connectivity index (χ0) is 28.1. The van der Waals surface area contributed by atoms with Gasteiger partial charge in [-0.3, -0.25) is 14.4 Å². The summed E-state index contributed by atoms with van der Waals surface area (Å²) in [5, 5.41) is 17.3. The third-order valence-electron chi connectivity index (χ3n) is 7.55. The molecule has 1 saturated heterocycles. The van der Waals surface area contributed by atoms with Crippen LogP contribution in [0.1, 0.15) is 30.9 Å². The molecule has 0 bridgehead atoms. The average Bonchev–Trinajstić information content (AvgIpc) is 3.35. The maximum Gasteiger partial charge on any atom is 0.244 e. The van der Waals surface area contributed by atoms with Crippen LogP contribution in [0.4, 0.5) is 0 Å².